The monoisotopic (exact) mass is 1130 g/mol. The molecule has 0 atom stereocenters. The van der Waals surface area contributed by atoms with Crippen LogP contribution in [0.15, 0.2) is 18.1 Å². The summed E-state index contributed by atoms with van der Waals surface area (Å²) >= 11 is 5.46. The molecule has 12 aliphatic heterocycles. The van der Waals surface area contributed by atoms with E-state index in [1.54, 1.807) is 0 Å². The van der Waals surface area contributed by atoms with Gasteiger partial charge in [-0.3, -0.25) is 0 Å². The van der Waals surface area contributed by atoms with Crippen molar-refractivity contribution in [3.63, 3.8) is 0 Å². The predicted octanol–water partition coefficient (Wildman–Crippen LogP) is 12.4. The Morgan fingerprint density at radius 1 is 0.186 bits per heavy atom. The zero-order valence-electron chi connectivity index (χ0n) is 43.7. The van der Waals surface area contributed by atoms with Crippen molar-refractivity contribution in [3.8, 4) is 0 Å². The molecule has 12 heterocycles. The summed E-state index contributed by atoms with van der Waals surface area (Å²) in [5, 5.41) is 0. The third-order valence-corrected chi connectivity index (χ3v) is 46.4. The van der Waals surface area contributed by atoms with Crippen LogP contribution in [0.5, 0.6) is 0 Å². The molecule has 12 fully saturated rings. The van der Waals surface area contributed by atoms with E-state index < -0.39 is 35.9 Å². The maximum absolute atomic E-state index is 7.49. The Kier molecular flexibility index (Phi) is 16.5. The Bertz CT molecular complexity index is 1530. The first-order chi connectivity index (χ1) is 34.4. The van der Waals surface area contributed by atoms with E-state index >= 15 is 0 Å². The molecule has 0 N–H and O–H groups in total. The second-order valence-corrected chi connectivity index (χ2v) is 42.7. The Balaban J connectivity index is 1.34. The van der Waals surface area contributed by atoms with Gasteiger partial charge in [0.25, 0.3) is 0 Å². The van der Waals surface area contributed by atoms with Crippen molar-refractivity contribution >= 4 is 51.4 Å². The molecule has 12 saturated heterocycles. The van der Waals surface area contributed by atoms with Crippen molar-refractivity contribution in [2.75, 3.05) is 157 Å². The molecule has 0 spiro atoms. The standard InChI is InChI=1S/C48H96BrN16P5/c49-70(50-66(54-25-1-2-26-54,55-27-3-4-28-55)56-29-5-6-30-56,51-67(57-31-7-8-32-57,58-33-9-10-34-58)59-35-11-12-36-59,52-68(60-37-13-14-38-60,61-39-15-16-40-61)62-41-17-18-42-62)53-69(63-43-19-20-44-63,64-45-21-22-46-64)65-47-23-24-48-65/h1-48H2. The Morgan fingerprint density at radius 3 is 0.357 bits per heavy atom. The van der Waals surface area contributed by atoms with Crippen molar-refractivity contribution in [1.82, 2.24) is 56.0 Å². The zero-order valence-corrected chi connectivity index (χ0v) is 49.8. The summed E-state index contributed by atoms with van der Waals surface area (Å²) < 4.78 is 66.4. The van der Waals surface area contributed by atoms with Crippen LogP contribution in [-0.4, -0.2) is 213 Å². The summed E-state index contributed by atoms with van der Waals surface area (Å²) in [6.07, 6.45) is 30.5. The Labute approximate surface area is 434 Å². The van der Waals surface area contributed by atoms with Gasteiger partial charge in [-0.15, -0.1) is 0 Å². The van der Waals surface area contributed by atoms with Crippen molar-refractivity contribution in [2.24, 2.45) is 18.1 Å². The average molecular weight is 1130 g/mol. The van der Waals surface area contributed by atoms with E-state index in [9.17, 15) is 0 Å². The van der Waals surface area contributed by atoms with E-state index in [-0.39, 0.29) is 0 Å². The molecule has 12 aliphatic rings. The van der Waals surface area contributed by atoms with Crippen LogP contribution in [0, 0.1) is 0 Å². The van der Waals surface area contributed by atoms with Crippen molar-refractivity contribution in [2.45, 2.75) is 154 Å². The van der Waals surface area contributed by atoms with Crippen LogP contribution in [0.25, 0.3) is 0 Å². The number of hydrogen-bond acceptors (Lipinski definition) is 4. The van der Waals surface area contributed by atoms with Gasteiger partial charge in [0.1, 0.15) is 0 Å². The first-order valence-electron chi connectivity index (χ1n) is 29.8. The number of halogens is 1. The van der Waals surface area contributed by atoms with Crippen LogP contribution in [0.3, 0.4) is 0 Å². The van der Waals surface area contributed by atoms with Gasteiger partial charge in [0.15, 0.2) is 0 Å². The third kappa shape index (κ3) is 9.43. The van der Waals surface area contributed by atoms with Crippen LogP contribution >= 0.6 is 51.4 Å². The molecule has 0 saturated carbocycles. The van der Waals surface area contributed by atoms with Gasteiger partial charge < -0.3 is 0 Å². The molecule has 0 aromatic carbocycles. The van der Waals surface area contributed by atoms with E-state index in [2.05, 4.69) is 56.0 Å². The molecule has 22 heteroatoms. The molecule has 0 radical (unpaired) electrons. The first-order valence-corrected chi connectivity index (χ1v) is 40.2. The number of nitrogens with zero attached hydrogens (tertiary/aromatic N) is 16. The minimum absolute atomic E-state index is 1.14. The molecule has 0 aromatic heterocycles. The fraction of sp³-hybridized carbons (Fsp3) is 1.00. The fourth-order valence-corrected chi connectivity index (χ4v) is 51.2. The third-order valence-electron chi connectivity index (χ3n) is 18.6. The van der Waals surface area contributed by atoms with Gasteiger partial charge in [0, 0.05) is 0 Å². The van der Waals surface area contributed by atoms with E-state index in [4.69, 9.17) is 33.6 Å². The topological polar surface area (TPSA) is 88.3 Å². The van der Waals surface area contributed by atoms with Gasteiger partial charge >= 0.3 is 437 Å². The number of rotatable bonds is 16. The molecule has 12 rings (SSSR count). The molecule has 16 nitrogen and oxygen atoms in total. The molecule has 0 unspecified atom stereocenters. The van der Waals surface area contributed by atoms with E-state index in [0.717, 1.165) is 157 Å². The minimum atomic E-state index is -4.72. The normalized spacial score (nSPS) is 30.4. The van der Waals surface area contributed by atoms with Gasteiger partial charge in [0.05, 0.1) is 0 Å². The molecular weight excluding hydrogens is 1040 g/mol. The molecule has 400 valence electrons. The molecule has 0 bridgehead atoms. The van der Waals surface area contributed by atoms with Gasteiger partial charge in [0.2, 0.25) is 0 Å². The Hall–Kier alpha value is 1.35. The van der Waals surface area contributed by atoms with Crippen molar-refractivity contribution in [1.29, 1.82) is 0 Å². The van der Waals surface area contributed by atoms with E-state index in [1.165, 1.54) is 154 Å². The first kappa shape index (κ1) is 52.1. The molecule has 0 amide bonds. The van der Waals surface area contributed by atoms with Crippen LogP contribution < -0.4 is 0 Å². The van der Waals surface area contributed by atoms with Crippen LogP contribution in [0.2, 0.25) is 0 Å². The molecule has 70 heavy (non-hydrogen) atoms. The summed E-state index contributed by atoms with van der Waals surface area (Å²) in [6, 6.07) is 0. The fourth-order valence-electron chi connectivity index (χ4n) is 15.4. The van der Waals surface area contributed by atoms with Crippen LogP contribution in [0.1, 0.15) is 154 Å². The summed E-state index contributed by atoms with van der Waals surface area (Å²) in [4.78, 5) is 0. The molecular formula is C48H96BrN16P5. The van der Waals surface area contributed by atoms with Crippen LogP contribution in [0.4, 0.5) is 0 Å². The van der Waals surface area contributed by atoms with Crippen LogP contribution in [-0.2, 0) is 0 Å². The zero-order chi connectivity index (χ0) is 47.1. The van der Waals surface area contributed by atoms with Gasteiger partial charge in [-0.1, -0.05) is 0 Å². The SMILES string of the molecule is BrP(N=P(N1CCCC1)(N1CCCC1)N1CCCC1)(N=P(N1CCCC1)(N1CCCC1)N1CCCC1)(N=P(N1CCCC1)(N1CCCC1)N1CCCC1)N=P(N1CCCC1)(N1CCCC1)N1CCCC1. The second kappa shape index (κ2) is 22.2. The predicted molar refractivity (Wildman–Crippen MR) is 303 cm³/mol. The van der Waals surface area contributed by atoms with Gasteiger partial charge in [-0.05, 0) is 0 Å². The number of hydrogen-bond donors (Lipinski definition) is 0. The van der Waals surface area contributed by atoms with E-state index in [1.807, 2.05) is 0 Å². The van der Waals surface area contributed by atoms with Crippen molar-refractivity contribution in [3.05, 3.63) is 0 Å². The quantitative estimate of drug-likeness (QED) is 0.138. The molecule has 0 aliphatic carbocycles. The summed E-state index contributed by atoms with van der Waals surface area (Å²) in [6.45, 7) is 27.4. The average Bonchev–Trinajstić information content (AvgIpc) is 4.23. The molecule has 0 aromatic rings. The van der Waals surface area contributed by atoms with Gasteiger partial charge in [-0.2, -0.15) is 0 Å². The van der Waals surface area contributed by atoms with Crippen molar-refractivity contribution < 1.29 is 0 Å². The van der Waals surface area contributed by atoms with E-state index in [0.29, 0.717) is 0 Å². The summed E-state index contributed by atoms with van der Waals surface area (Å²) in [5.41, 5.74) is 0. The Morgan fingerprint density at radius 2 is 0.271 bits per heavy atom. The van der Waals surface area contributed by atoms with Gasteiger partial charge in [-0.25, -0.2) is 0 Å². The summed E-state index contributed by atoms with van der Waals surface area (Å²) in [7, 11) is -10.5. The second-order valence-electron chi connectivity index (χ2n) is 23.3. The maximum atomic E-state index is 7.49. The summed E-state index contributed by atoms with van der Waals surface area (Å²) in [5.74, 6) is -4.72.